The Morgan fingerprint density at radius 3 is 2.86 bits per heavy atom. The molecule has 1 nitrogen and oxygen atoms in total. The fourth-order valence-electron chi connectivity index (χ4n) is 1.76. The Kier molecular flexibility index (Phi) is 1.57. The highest BCUT2D eigenvalue weighted by atomic mass is 16.5. The summed E-state index contributed by atoms with van der Waals surface area (Å²) < 4.78 is 5.72. The van der Waals surface area contributed by atoms with E-state index in [4.69, 9.17) is 4.74 Å². The summed E-state index contributed by atoms with van der Waals surface area (Å²) in [6.07, 6.45) is 0.947. The third kappa shape index (κ3) is 1.10. The second kappa shape index (κ2) is 2.88. The van der Waals surface area contributed by atoms with Crippen molar-refractivity contribution in [3.05, 3.63) is 59.7 Å². The van der Waals surface area contributed by atoms with Crippen molar-refractivity contribution < 1.29 is 4.74 Å². The van der Waals surface area contributed by atoms with E-state index in [0.717, 1.165) is 17.9 Å². The zero-order chi connectivity index (χ0) is 9.38. The van der Waals surface area contributed by atoms with E-state index in [1.54, 1.807) is 0 Å². The number of hydrogen-bond donors (Lipinski definition) is 0. The maximum Gasteiger partial charge on any atom is 0.138 e. The van der Waals surface area contributed by atoms with Crippen LogP contribution in [0.1, 0.15) is 11.1 Å². The van der Waals surface area contributed by atoms with Crippen molar-refractivity contribution in [3.8, 4) is 11.5 Å². The molecule has 1 aliphatic rings. The highest BCUT2D eigenvalue weighted by Crippen LogP contribution is 2.35. The van der Waals surface area contributed by atoms with Gasteiger partial charge in [0.15, 0.2) is 0 Å². The number of hydrogen-bond acceptors (Lipinski definition) is 1. The van der Waals surface area contributed by atoms with E-state index < -0.39 is 0 Å². The van der Waals surface area contributed by atoms with Gasteiger partial charge in [-0.2, -0.15) is 0 Å². The van der Waals surface area contributed by atoms with Gasteiger partial charge in [-0.3, -0.25) is 0 Å². The van der Waals surface area contributed by atoms with Crippen LogP contribution >= 0.6 is 0 Å². The topological polar surface area (TPSA) is 9.23 Å². The first-order valence-electron chi connectivity index (χ1n) is 4.69. The SMILES string of the molecule is [c]1cccc2c1Oc1ccccc1C2. The molecule has 0 aliphatic carbocycles. The molecule has 0 spiro atoms. The highest BCUT2D eigenvalue weighted by molar-refractivity contribution is 5.48. The molecule has 2 aromatic rings. The molecule has 1 heteroatoms. The number of benzene rings is 2. The molecule has 3 rings (SSSR count). The molecule has 2 aromatic carbocycles. The first-order valence-corrected chi connectivity index (χ1v) is 4.69. The lowest BCUT2D eigenvalue weighted by Crippen LogP contribution is -2.02. The lowest BCUT2D eigenvalue weighted by atomic mass is 10.0. The molecule has 0 aromatic heterocycles. The van der Waals surface area contributed by atoms with E-state index in [-0.39, 0.29) is 0 Å². The van der Waals surface area contributed by atoms with Crippen molar-refractivity contribution >= 4 is 0 Å². The molecule has 0 atom stereocenters. The van der Waals surface area contributed by atoms with Gasteiger partial charge in [0.05, 0.1) is 0 Å². The Labute approximate surface area is 83.0 Å². The fraction of sp³-hybridized carbons (Fsp3) is 0.0769. The van der Waals surface area contributed by atoms with E-state index in [9.17, 15) is 0 Å². The van der Waals surface area contributed by atoms with Crippen molar-refractivity contribution in [1.82, 2.24) is 0 Å². The second-order valence-electron chi connectivity index (χ2n) is 3.41. The van der Waals surface area contributed by atoms with Crippen molar-refractivity contribution in [1.29, 1.82) is 0 Å². The molecule has 0 amide bonds. The van der Waals surface area contributed by atoms with Crippen molar-refractivity contribution in [3.63, 3.8) is 0 Å². The van der Waals surface area contributed by atoms with Crippen LogP contribution in [0.3, 0.4) is 0 Å². The Hall–Kier alpha value is -1.76. The molecule has 1 aliphatic heterocycles. The molecule has 0 N–H and O–H groups in total. The van der Waals surface area contributed by atoms with Crippen LogP contribution in [0.2, 0.25) is 0 Å². The Bertz CT molecular complexity index is 387. The van der Waals surface area contributed by atoms with E-state index in [2.05, 4.69) is 18.2 Å². The predicted molar refractivity (Wildman–Crippen MR) is 54.6 cm³/mol. The molecule has 0 bridgehead atoms. The highest BCUT2D eigenvalue weighted by Gasteiger charge is 2.14. The number of fused-ring (bicyclic) bond motifs is 2. The maximum absolute atomic E-state index is 5.72. The fourth-order valence-corrected chi connectivity index (χ4v) is 1.76. The number of para-hydroxylation sites is 2. The van der Waals surface area contributed by atoms with Gasteiger partial charge in [0.2, 0.25) is 0 Å². The van der Waals surface area contributed by atoms with Gasteiger partial charge in [0.25, 0.3) is 0 Å². The first kappa shape index (κ1) is 7.63. The van der Waals surface area contributed by atoms with Crippen LogP contribution < -0.4 is 4.74 Å². The Morgan fingerprint density at radius 1 is 1.00 bits per heavy atom. The van der Waals surface area contributed by atoms with Crippen LogP contribution in [0.25, 0.3) is 0 Å². The summed E-state index contributed by atoms with van der Waals surface area (Å²) in [5.74, 6) is 1.83. The van der Waals surface area contributed by atoms with Gasteiger partial charge in [-0.15, -0.1) is 0 Å². The molecular formula is C13H9O. The largest absolute Gasteiger partial charge is 0.456 e. The van der Waals surface area contributed by atoms with Gasteiger partial charge in [-0.05, 0) is 17.2 Å². The summed E-state index contributed by atoms with van der Waals surface area (Å²) in [7, 11) is 0. The lowest BCUT2D eigenvalue weighted by molar-refractivity contribution is 0.459. The predicted octanol–water partition coefficient (Wildman–Crippen LogP) is 3.18. The normalized spacial score (nSPS) is 12.6. The zero-order valence-corrected chi connectivity index (χ0v) is 7.66. The number of ether oxygens (including phenoxy) is 1. The zero-order valence-electron chi connectivity index (χ0n) is 7.66. The van der Waals surface area contributed by atoms with E-state index >= 15 is 0 Å². The molecule has 0 saturated carbocycles. The summed E-state index contributed by atoms with van der Waals surface area (Å²) in [4.78, 5) is 0. The molecule has 0 saturated heterocycles. The van der Waals surface area contributed by atoms with Crippen LogP contribution in [0.15, 0.2) is 42.5 Å². The van der Waals surface area contributed by atoms with Crippen LogP contribution in [-0.2, 0) is 6.42 Å². The third-order valence-electron chi connectivity index (χ3n) is 2.47. The van der Waals surface area contributed by atoms with Crippen LogP contribution in [0.5, 0.6) is 11.5 Å². The second-order valence-corrected chi connectivity index (χ2v) is 3.41. The van der Waals surface area contributed by atoms with Crippen molar-refractivity contribution in [2.24, 2.45) is 0 Å². The average molecular weight is 181 g/mol. The monoisotopic (exact) mass is 181 g/mol. The average Bonchev–Trinajstić information content (AvgIpc) is 2.26. The summed E-state index contributed by atoms with van der Waals surface area (Å²) in [5, 5.41) is 0. The minimum absolute atomic E-state index is 0.867. The van der Waals surface area contributed by atoms with E-state index in [1.807, 2.05) is 30.3 Å². The Morgan fingerprint density at radius 2 is 1.86 bits per heavy atom. The quantitative estimate of drug-likeness (QED) is 0.517. The first-order chi connectivity index (χ1) is 6.93. The van der Waals surface area contributed by atoms with E-state index in [0.29, 0.717) is 0 Å². The molecule has 0 unspecified atom stereocenters. The van der Waals surface area contributed by atoms with E-state index in [1.165, 1.54) is 11.1 Å². The summed E-state index contributed by atoms with van der Waals surface area (Å²) in [6.45, 7) is 0. The van der Waals surface area contributed by atoms with Crippen molar-refractivity contribution in [2.45, 2.75) is 6.42 Å². The maximum atomic E-state index is 5.72. The van der Waals surface area contributed by atoms with Gasteiger partial charge in [0.1, 0.15) is 11.5 Å². The standard InChI is InChI=1S/C13H9O/c1-3-7-12-10(5-1)9-11-6-2-4-8-13(11)14-12/h1-7H,9H2. The third-order valence-corrected chi connectivity index (χ3v) is 2.47. The summed E-state index contributed by atoms with van der Waals surface area (Å²) in [5.41, 5.74) is 2.46. The molecule has 1 heterocycles. The van der Waals surface area contributed by atoms with Crippen LogP contribution in [-0.4, -0.2) is 0 Å². The minimum Gasteiger partial charge on any atom is -0.456 e. The summed E-state index contributed by atoms with van der Waals surface area (Å²) in [6, 6.07) is 17.2. The van der Waals surface area contributed by atoms with Gasteiger partial charge in [-0.1, -0.05) is 36.4 Å². The lowest BCUT2D eigenvalue weighted by Gasteiger charge is -2.19. The number of rotatable bonds is 0. The molecule has 67 valence electrons. The Balaban J connectivity index is 2.12. The van der Waals surface area contributed by atoms with Gasteiger partial charge in [0, 0.05) is 12.5 Å². The van der Waals surface area contributed by atoms with Crippen molar-refractivity contribution in [2.75, 3.05) is 0 Å². The molecule has 1 radical (unpaired) electrons. The van der Waals surface area contributed by atoms with Gasteiger partial charge in [-0.25, -0.2) is 0 Å². The van der Waals surface area contributed by atoms with Crippen LogP contribution in [0.4, 0.5) is 0 Å². The summed E-state index contributed by atoms with van der Waals surface area (Å²) >= 11 is 0. The van der Waals surface area contributed by atoms with Crippen LogP contribution in [0, 0.1) is 6.07 Å². The smallest absolute Gasteiger partial charge is 0.138 e. The minimum atomic E-state index is 0.867. The molecule has 0 fully saturated rings. The van der Waals surface area contributed by atoms with Gasteiger partial charge >= 0.3 is 0 Å². The molecular weight excluding hydrogens is 172 g/mol. The molecule has 14 heavy (non-hydrogen) atoms. The van der Waals surface area contributed by atoms with Gasteiger partial charge < -0.3 is 4.74 Å².